The maximum atomic E-state index is 14.0. The van der Waals surface area contributed by atoms with E-state index in [0.717, 1.165) is 52.9 Å². The molecule has 42 heavy (non-hydrogen) atoms. The molecule has 3 aliphatic rings. The summed E-state index contributed by atoms with van der Waals surface area (Å²) in [6.07, 6.45) is 5.30. The van der Waals surface area contributed by atoms with E-state index < -0.39 is 35.3 Å². The van der Waals surface area contributed by atoms with Crippen molar-refractivity contribution in [1.82, 2.24) is 15.2 Å². The van der Waals surface area contributed by atoms with Crippen molar-refractivity contribution in [2.45, 2.75) is 108 Å². The Balaban J connectivity index is 1.48. The lowest BCUT2D eigenvalue weighted by atomic mass is 9.79. The molecule has 2 aromatic rings. The van der Waals surface area contributed by atoms with Gasteiger partial charge in [0.05, 0.1) is 32.0 Å². The van der Waals surface area contributed by atoms with Crippen LogP contribution < -0.4 is 14.8 Å². The smallest absolute Gasteiger partial charge is 0.408 e. The highest BCUT2D eigenvalue weighted by Crippen LogP contribution is 2.49. The number of ether oxygens (including phenoxy) is 4. The van der Waals surface area contributed by atoms with E-state index in [2.05, 4.69) is 5.32 Å². The summed E-state index contributed by atoms with van der Waals surface area (Å²) in [5.74, 6) is 1.02. The summed E-state index contributed by atoms with van der Waals surface area (Å²) >= 11 is 0. The van der Waals surface area contributed by atoms with E-state index in [1.807, 2.05) is 25.1 Å². The van der Waals surface area contributed by atoms with Crippen LogP contribution in [0.3, 0.4) is 0 Å². The normalized spacial score (nSPS) is 22.6. The number of aryl methyl sites for hydroxylation is 1. The van der Waals surface area contributed by atoms with Crippen molar-refractivity contribution in [2.75, 3.05) is 20.8 Å². The maximum Gasteiger partial charge on any atom is 0.408 e. The molecule has 3 heterocycles. The number of carbonyl (C=O) groups excluding carboxylic acids is 3. The summed E-state index contributed by atoms with van der Waals surface area (Å²) in [4.78, 5) is 46.3. The van der Waals surface area contributed by atoms with Crippen LogP contribution in [0.5, 0.6) is 11.5 Å². The van der Waals surface area contributed by atoms with E-state index >= 15 is 0 Å². The lowest BCUT2D eigenvalue weighted by Gasteiger charge is -2.39. The Kier molecular flexibility index (Phi) is 8.27. The Hall–Kier alpha value is -3.56. The van der Waals surface area contributed by atoms with Gasteiger partial charge in [-0.15, -0.1) is 0 Å². The van der Waals surface area contributed by atoms with E-state index in [1.165, 1.54) is 12.0 Å². The number of esters is 1. The number of nitrogens with zero attached hydrogens (tertiary/aromatic N) is 2. The molecular weight excluding hydrogens is 538 g/mol. The fraction of sp³-hybridized carbons (Fsp3) is 0.625. The largest absolute Gasteiger partial charge is 0.497 e. The van der Waals surface area contributed by atoms with Crippen LogP contribution in [0, 0.1) is 0 Å². The molecule has 2 amide bonds. The quantitative estimate of drug-likeness (QED) is 0.452. The molecule has 1 saturated heterocycles. The fourth-order valence-corrected chi connectivity index (χ4v) is 6.36. The summed E-state index contributed by atoms with van der Waals surface area (Å²) in [6.45, 7) is 7.46. The molecule has 0 bridgehead atoms. The molecule has 228 valence electrons. The molecule has 2 fully saturated rings. The molecule has 10 heteroatoms. The third-order valence-corrected chi connectivity index (χ3v) is 8.64. The second kappa shape index (κ2) is 11.6. The predicted octanol–water partition coefficient (Wildman–Crippen LogP) is 5.04. The van der Waals surface area contributed by atoms with E-state index in [0.29, 0.717) is 38.0 Å². The fourth-order valence-electron chi connectivity index (χ4n) is 6.36. The lowest BCUT2D eigenvalue weighted by Crippen LogP contribution is -2.53. The zero-order valence-corrected chi connectivity index (χ0v) is 25.6. The van der Waals surface area contributed by atoms with Crippen LogP contribution >= 0.6 is 0 Å². The van der Waals surface area contributed by atoms with Crippen LogP contribution in [0.2, 0.25) is 0 Å². The van der Waals surface area contributed by atoms with E-state index in [9.17, 15) is 14.4 Å². The van der Waals surface area contributed by atoms with Gasteiger partial charge in [-0.2, -0.15) is 0 Å². The highest BCUT2D eigenvalue weighted by molar-refractivity contribution is 5.91. The highest BCUT2D eigenvalue weighted by atomic mass is 16.6. The van der Waals surface area contributed by atoms with Gasteiger partial charge in [0.1, 0.15) is 34.8 Å². The first kappa shape index (κ1) is 29.9. The van der Waals surface area contributed by atoms with Crippen LogP contribution in [0.1, 0.15) is 89.8 Å². The first-order chi connectivity index (χ1) is 20.0. The van der Waals surface area contributed by atoms with Gasteiger partial charge in [0.25, 0.3) is 0 Å². The van der Waals surface area contributed by atoms with Gasteiger partial charge in [-0.3, -0.25) is 4.79 Å². The zero-order chi connectivity index (χ0) is 30.2. The Morgan fingerprint density at radius 2 is 1.98 bits per heavy atom. The maximum absolute atomic E-state index is 14.0. The van der Waals surface area contributed by atoms with E-state index in [4.69, 9.17) is 23.9 Å². The summed E-state index contributed by atoms with van der Waals surface area (Å²) in [7, 11) is 2.98. The average molecular weight is 582 g/mol. The number of methoxy groups -OCH3 is 2. The number of aromatic nitrogens is 1. The van der Waals surface area contributed by atoms with Crippen LogP contribution in [-0.2, 0) is 25.5 Å². The van der Waals surface area contributed by atoms with Crippen molar-refractivity contribution in [3.63, 3.8) is 0 Å². The van der Waals surface area contributed by atoms with Crippen molar-refractivity contribution < 1.29 is 33.3 Å². The third-order valence-electron chi connectivity index (χ3n) is 8.64. The van der Waals surface area contributed by atoms with Gasteiger partial charge in [0.15, 0.2) is 0 Å². The minimum absolute atomic E-state index is 0.210. The minimum Gasteiger partial charge on any atom is -0.497 e. The number of amides is 2. The van der Waals surface area contributed by atoms with Gasteiger partial charge < -0.3 is 29.2 Å². The topological polar surface area (TPSA) is 116 Å². The van der Waals surface area contributed by atoms with E-state index in [1.54, 1.807) is 27.9 Å². The number of alkyl carbamates (subject to hydrolysis) is 1. The number of hydrogen-bond donors (Lipinski definition) is 1. The van der Waals surface area contributed by atoms with E-state index in [-0.39, 0.29) is 12.5 Å². The highest BCUT2D eigenvalue weighted by Gasteiger charge is 2.54. The van der Waals surface area contributed by atoms with Crippen LogP contribution in [0.25, 0.3) is 10.9 Å². The van der Waals surface area contributed by atoms with Crippen molar-refractivity contribution in [3.8, 4) is 11.5 Å². The van der Waals surface area contributed by atoms with Crippen molar-refractivity contribution in [2.24, 2.45) is 0 Å². The molecule has 1 spiro atoms. The number of likely N-dealkylation sites (tertiary alicyclic amines) is 1. The number of rotatable bonds is 7. The number of fused-ring (bicyclic) bond motifs is 3. The van der Waals surface area contributed by atoms with Gasteiger partial charge in [0, 0.05) is 23.3 Å². The SMILES string of the molecule is CCCC(NC(=O)OC(C)(C)C)C(=O)N1C[C@@]2(CCc3c(c(C4CCC4)nc4ccc(OC)cc34)O2)C[C@H]1C(=O)OC. The molecule has 5 rings (SSSR count). The second-order valence-electron chi connectivity index (χ2n) is 12.8. The number of hydrogen-bond acceptors (Lipinski definition) is 8. The number of pyridine rings is 1. The van der Waals surface area contributed by atoms with Gasteiger partial charge in [-0.25, -0.2) is 14.6 Å². The molecule has 10 nitrogen and oxygen atoms in total. The Labute approximate surface area is 247 Å². The summed E-state index contributed by atoms with van der Waals surface area (Å²) in [5, 5.41) is 3.74. The first-order valence-electron chi connectivity index (χ1n) is 15.0. The molecule has 1 unspecified atom stereocenters. The molecular formula is C32H43N3O7. The molecule has 1 aliphatic carbocycles. The first-order valence-corrected chi connectivity index (χ1v) is 15.0. The zero-order valence-electron chi connectivity index (χ0n) is 25.6. The van der Waals surface area contributed by atoms with Gasteiger partial charge >= 0.3 is 12.1 Å². The minimum atomic E-state index is -0.841. The van der Waals surface area contributed by atoms with Gasteiger partial charge in [-0.05, 0) is 71.1 Å². The molecule has 2 aliphatic heterocycles. The molecule has 3 atom stereocenters. The lowest BCUT2D eigenvalue weighted by molar-refractivity contribution is -0.151. The predicted molar refractivity (Wildman–Crippen MR) is 157 cm³/mol. The van der Waals surface area contributed by atoms with Crippen LogP contribution in [-0.4, -0.2) is 71.9 Å². The second-order valence-corrected chi connectivity index (χ2v) is 12.8. The Bertz CT molecular complexity index is 1370. The summed E-state index contributed by atoms with van der Waals surface area (Å²) in [6, 6.07) is 4.26. The van der Waals surface area contributed by atoms with Crippen molar-refractivity contribution >= 4 is 28.9 Å². The molecule has 1 aromatic heterocycles. The van der Waals surface area contributed by atoms with Crippen molar-refractivity contribution in [3.05, 3.63) is 29.5 Å². The monoisotopic (exact) mass is 581 g/mol. The number of carbonyl (C=O) groups is 3. The van der Waals surface area contributed by atoms with Crippen LogP contribution in [0.15, 0.2) is 18.2 Å². The molecule has 1 N–H and O–H groups in total. The standard InChI is InChI=1S/C32H43N3O7/c1-7-9-24(34-30(38)42-31(2,3)4)28(36)35-18-32(17-25(35)29(37)40-6)15-14-21-22-16-20(39-5)12-13-23(22)33-26(27(21)41-32)19-10-8-11-19/h12-13,16,19,24-25H,7-11,14-15,17-18H2,1-6H3,(H,34,38)/t24?,25-,32+/m0/s1. The summed E-state index contributed by atoms with van der Waals surface area (Å²) in [5.41, 5.74) is 1.49. The molecule has 1 aromatic carbocycles. The Morgan fingerprint density at radius 3 is 2.60 bits per heavy atom. The van der Waals surface area contributed by atoms with Gasteiger partial charge in [-0.1, -0.05) is 19.8 Å². The van der Waals surface area contributed by atoms with Gasteiger partial charge in [0.2, 0.25) is 5.91 Å². The molecule has 1 saturated carbocycles. The molecule has 0 radical (unpaired) electrons. The Morgan fingerprint density at radius 1 is 1.21 bits per heavy atom. The van der Waals surface area contributed by atoms with Crippen LogP contribution in [0.4, 0.5) is 4.79 Å². The average Bonchev–Trinajstić information content (AvgIpc) is 3.28. The third kappa shape index (κ3) is 5.85. The van der Waals surface area contributed by atoms with Crippen molar-refractivity contribution in [1.29, 1.82) is 0 Å². The number of benzene rings is 1. The summed E-state index contributed by atoms with van der Waals surface area (Å²) < 4.78 is 23.0. The number of nitrogens with one attached hydrogen (secondary N) is 1.